The second-order valence-corrected chi connectivity index (χ2v) is 8.95. The molecule has 0 spiro atoms. The second kappa shape index (κ2) is 5.47. The highest BCUT2D eigenvalue weighted by Crippen LogP contribution is 2.21. The van der Waals surface area contributed by atoms with E-state index in [-0.39, 0.29) is 36.0 Å². The summed E-state index contributed by atoms with van der Waals surface area (Å²) >= 11 is 0. The summed E-state index contributed by atoms with van der Waals surface area (Å²) in [6, 6.07) is 1.56. The van der Waals surface area contributed by atoms with Crippen LogP contribution in [0, 0.1) is 0 Å². The molecule has 7 nitrogen and oxygen atoms in total. The lowest BCUT2D eigenvalue weighted by Crippen LogP contribution is -2.43. The number of hydrogen-bond acceptors (Lipinski definition) is 5. The van der Waals surface area contributed by atoms with Gasteiger partial charge in [-0.3, -0.25) is 0 Å². The summed E-state index contributed by atoms with van der Waals surface area (Å²) in [6.45, 7) is 2.83. The average Bonchev–Trinajstić information content (AvgIpc) is 2.82. The minimum absolute atomic E-state index is 0.0138. The van der Waals surface area contributed by atoms with Crippen LogP contribution in [0.3, 0.4) is 0 Å². The molecule has 1 aliphatic heterocycles. The van der Waals surface area contributed by atoms with Crippen molar-refractivity contribution in [1.82, 2.24) is 8.87 Å². The van der Waals surface area contributed by atoms with Gasteiger partial charge in [-0.05, 0) is 13.0 Å². The maximum absolute atomic E-state index is 12.5. The Morgan fingerprint density at radius 1 is 1.30 bits per heavy atom. The topological polar surface area (TPSA) is 102 Å². The van der Waals surface area contributed by atoms with Crippen LogP contribution in [0.1, 0.15) is 12.6 Å². The summed E-state index contributed by atoms with van der Waals surface area (Å²) in [5.74, 6) is -0.241. The van der Waals surface area contributed by atoms with E-state index in [9.17, 15) is 16.8 Å². The number of sulfone groups is 1. The van der Waals surface area contributed by atoms with Crippen molar-refractivity contribution in [3.05, 3.63) is 18.0 Å². The third-order valence-electron chi connectivity index (χ3n) is 3.45. The summed E-state index contributed by atoms with van der Waals surface area (Å²) in [7, 11) is -6.74. The number of hydrogen-bond donors (Lipinski definition) is 1. The molecule has 0 unspecified atom stereocenters. The first-order valence-electron chi connectivity index (χ1n) is 6.40. The minimum Gasteiger partial charge on any atom is -0.349 e. The van der Waals surface area contributed by atoms with Gasteiger partial charge in [0.05, 0.1) is 11.5 Å². The van der Waals surface area contributed by atoms with Crippen LogP contribution in [0.4, 0.5) is 0 Å². The first-order valence-corrected chi connectivity index (χ1v) is 9.66. The van der Waals surface area contributed by atoms with Crippen molar-refractivity contribution < 1.29 is 16.8 Å². The Balaban J connectivity index is 2.29. The van der Waals surface area contributed by atoms with Crippen molar-refractivity contribution in [3.8, 4) is 0 Å². The van der Waals surface area contributed by atoms with Crippen LogP contribution in [-0.2, 0) is 33.0 Å². The monoisotopic (exact) mass is 321 g/mol. The molecule has 0 aromatic carbocycles. The van der Waals surface area contributed by atoms with Gasteiger partial charge in [0.2, 0.25) is 10.0 Å². The van der Waals surface area contributed by atoms with Crippen molar-refractivity contribution in [2.24, 2.45) is 5.73 Å². The van der Waals surface area contributed by atoms with Crippen LogP contribution in [0.15, 0.2) is 17.2 Å². The van der Waals surface area contributed by atoms with Gasteiger partial charge in [-0.25, -0.2) is 16.8 Å². The highest BCUT2D eigenvalue weighted by Gasteiger charge is 2.32. The average molecular weight is 321 g/mol. The molecule has 1 aromatic heterocycles. The number of aryl methyl sites for hydroxylation is 1. The molecule has 1 aliphatic rings. The van der Waals surface area contributed by atoms with Crippen LogP contribution < -0.4 is 5.73 Å². The Morgan fingerprint density at radius 3 is 2.35 bits per heavy atom. The smallest absolute Gasteiger partial charge is 0.244 e. The highest BCUT2D eigenvalue weighted by atomic mass is 32.2. The molecule has 1 saturated heterocycles. The molecule has 2 heterocycles. The maximum Gasteiger partial charge on any atom is 0.244 e. The molecule has 1 fully saturated rings. The van der Waals surface area contributed by atoms with Gasteiger partial charge >= 0.3 is 0 Å². The Kier molecular flexibility index (Phi) is 4.24. The molecule has 1 aromatic rings. The summed E-state index contributed by atoms with van der Waals surface area (Å²) in [6.07, 6.45) is 1.56. The van der Waals surface area contributed by atoms with Crippen molar-refractivity contribution in [3.63, 3.8) is 0 Å². The van der Waals surface area contributed by atoms with Crippen LogP contribution >= 0.6 is 0 Å². The van der Waals surface area contributed by atoms with Crippen molar-refractivity contribution in [2.75, 3.05) is 24.6 Å². The van der Waals surface area contributed by atoms with E-state index in [0.29, 0.717) is 6.54 Å². The predicted octanol–water partition coefficient (Wildman–Crippen LogP) is -0.614. The van der Waals surface area contributed by atoms with E-state index in [1.807, 2.05) is 6.92 Å². The van der Waals surface area contributed by atoms with Gasteiger partial charge in [-0.1, -0.05) is 0 Å². The normalized spacial score (nSPS) is 20.1. The lowest BCUT2D eigenvalue weighted by molar-refractivity contribution is 0.430. The number of aromatic nitrogens is 1. The molecular weight excluding hydrogens is 302 g/mol. The van der Waals surface area contributed by atoms with E-state index in [1.54, 1.807) is 16.8 Å². The maximum atomic E-state index is 12.5. The molecule has 2 N–H and O–H groups in total. The molecule has 114 valence electrons. The van der Waals surface area contributed by atoms with Crippen molar-refractivity contribution in [2.45, 2.75) is 24.9 Å². The summed E-state index contributed by atoms with van der Waals surface area (Å²) < 4.78 is 50.7. The molecule has 20 heavy (non-hydrogen) atoms. The molecule has 2 rings (SSSR count). The van der Waals surface area contributed by atoms with Crippen LogP contribution in [-0.4, -0.2) is 50.3 Å². The lowest BCUT2D eigenvalue weighted by Gasteiger charge is -2.25. The van der Waals surface area contributed by atoms with Gasteiger partial charge in [0, 0.05) is 38.1 Å². The van der Waals surface area contributed by atoms with Gasteiger partial charge < -0.3 is 10.3 Å². The number of rotatable bonds is 4. The zero-order valence-electron chi connectivity index (χ0n) is 11.3. The SMILES string of the molecule is CCn1cc(S(=O)(=O)N2CCS(=O)(=O)CC2)cc1CN. The molecular formula is C11H19N3O4S2. The first kappa shape index (κ1) is 15.5. The van der Waals surface area contributed by atoms with E-state index < -0.39 is 19.9 Å². The van der Waals surface area contributed by atoms with Crippen molar-refractivity contribution >= 4 is 19.9 Å². The summed E-state index contributed by atoms with van der Waals surface area (Å²) in [5.41, 5.74) is 6.33. The van der Waals surface area contributed by atoms with Gasteiger partial charge in [0.25, 0.3) is 0 Å². The van der Waals surface area contributed by atoms with Crippen LogP contribution in [0.5, 0.6) is 0 Å². The highest BCUT2D eigenvalue weighted by molar-refractivity contribution is 7.92. The molecule has 0 radical (unpaired) electrons. The quantitative estimate of drug-likeness (QED) is 0.796. The van der Waals surface area contributed by atoms with E-state index in [0.717, 1.165) is 5.69 Å². The third kappa shape index (κ3) is 2.90. The van der Waals surface area contributed by atoms with Crippen LogP contribution in [0.25, 0.3) is 0 Å². The molecule has 0 amide bonds. The van der Waals surface area contributed by atoms with E-state index in [1.165, 1.54) is 4.31 Å². The number of nitrogens with two attached hydrogens (primary N) is 1. The molecule has 9 heteroatoms. The second-order valence-electron chi connectivity index (χ2n) is 4.71. The Hall–Kier alpha value is -0.900. The molecule has 0 bridgehead atoms. The minimum atomic E-state index is -3.64. The molecule has 0 atom stereocenters. The lowest BCUT2D eigenvalue weighted by atomic mass is 10.4. The fraction of sp³-hybridized carbons (Fsp3) is 0.636. The summed E-state index contributed by atoms with van der Waals surface area (Å²) in [5, 5.41) is 0. The van der Waals surface area contributed by atoms with E-state index >= 15 is 0 Å². The fourth-order valence-corrected chi connectivity index (χ4v) is 5.16. The zero-order valence-corrected chi connectivity index (χ0v) is 13.0. The number of nitrogens with zero attached hydrogens (tertiary/aromatic N) is 2. The van der Waals surface area contributed by atoms with Gasteiger partial charge in [-0.15, -0.1) is 0 Å². The largest absolute Gasteiger partial charge is 0.349 e. The zero-order chi connectivity index (χ0) is 15.0. The molecule has 0 aliphatic carbocycles. The summed E-state index contributed by atoms with van der Waals surface area (Å²) in [4.78, 5) is 0.180. The standard InChI is InChI=1S/C11H19N3O4S2/c1-2-13-9-11(7-10(13)8-12)20(17,18)14-3-5-19(15,16)6-4-14/h7,9H,2-6,8,12H2,1H3. The number of sulfonamides is 1. The Morgan fingerprint density at radius 2 is 1.90 bits per heavy atom. The Labute approximate surface area is 119 Å². The Bertz CT molecular complexity index is 656. The van der Waals surface area contributed by atoms with E-state index in [4.69, 9.17) is 5.73 Å². The fourth-order valence-electron chi connectivity index (χ4n) is 2.22. The van der Waals surface area contributed by atoms with E-state index in [2.05, 4.69) is 0 Å². The first-order chi connectivity index (χ1) is 9.30. The van der Waals surface area contributed by atoms with Gasteiger partial charge in [0.1, 0.15) is 4.90 Å². The molecule has 0 saturated carbocycles. The third-order valence-corrected chi connectivity index (χ3v) is 6.92. The predicted molar refractivity (Wildman–Crippen MR) is 75.4 cm³/mol. The van der Waals surface area contributed by atoms with Gasteiger partial charge in [0.15, 0.2) is 9.84 Å². The van der Waals surface area contributed by atoms with Crippen molar-refractivity contribution in [1.29, 1.82) is 0 Å². The van der Waals surface area contributed by atoms with Crippen LogP contribution in [0.2, 0.25) is 0 Å². The van der Waals surface area contributed by atoms with Gasteiger partial charge in [-0.2, -0.15) is 4.31 Å².